The predicted octanol–water partition coefficient (Wildman–Crippen LogP) is 3.38. The van der Waals surface area contributed by atoms with Gasteiger partial charge in [-0.25, -0.2) is 4.68 Å². The molecule has 0 saturated heterocycles. The van der Waals surface area contributed by atoms with Gasteiger partial charge in [0.1, 0.15) is 11.8 Å². The lowest BCUT2D eigenvalue weighted by Crippen LogP contribution is -2.50. The van der Waals surface area contributed by atoms with Crippen molar-refractivity contribution in [2.24, 2.45) is 5.92 Å². The number of rotatable bonds is 10. The fourth-order valence-electron chi connectivity index (χ4n) is 3.31. The highest BCUT2D eigenvalue weighted by molar-refractivity contribution is 5.97. The summed E-state index contributed by atoms with van der Waals surface area (Å²) in [4.78, 5) is 25.4. The van der Waals surface area contributed by atoms with Gasteiger partial charge in [-0.1, -0.05) is 26.0 Å². The highest BCUT2D eigenvalue weighted by Gasteiger charge is 2.24. The first kappa shape index (κ1) is 23.1. The summed E-state index contributed by atoms with van der Waals surface area (Å²) in [5.41, 5.74) is 2.59. The summed E-state index contributed by atoms with van der Waals surface area (Å²) in [6, 6.07) is 16.2. The summed E-state index contributed by atoms with van der Waals surface area (Å²) < 4.78 is 7.20. The maximum atomic E-state index is 12.7. The number of hydrogen-bond donors (Lipinski definition) is 2. The number of nitrogens with zero attached hydrogens (tertiary/aromatic N) is 2. The average Bonchev–Trinajstić information content (AvgIpc) is 3.33. The van der Waals surface area contributed by atoms with Crippen LogP contribution in [0.3, 0.4) is 0 Å². The van der Waals surface area contributed by atoms with Gasteiger partial charge >= 0.3 is 0 Å². The van der Waals surface area contributed by atoms with Gasteiger partial charge in [0.15, 0.2) is 0 Å². The molecule has 1 unspecified atom stereocenters. The largest absolute Gasteiger partial charge is 0.494 e. The fraction of sp³-hybridized carbons (Fsp3) is 0.320. The Morgan fingerprint density at radius 1 is 1.06 bits per heavy atom. The first-order valence-electron chi connectivity index (χ1n) is 10.9. The summed E-state index contributed by atoms with van der Waals surface area (Å²) in [5.74, 6) is 0.193. The Morgan fingerprint density at radius 2 is 1.78 bits per heavy atom. The topological polar surface area (TPSA) is 85.2 Å². The molecule has 1 heterocycles. The van der Waals surface area contributed by atoms with Gasteiger partial charge in [0.05, 0.1) is 12.3 Å². The third-order valence-corrected chi connectivity index (χ3v) is 5.08. The lowest BCUT2D eigenvalue weighted by molar-refractivity contribution is -0.123. The first-order valence-corrected chi connectivity index (χ1v) is 10.9. The van der Waals surface area contributed by atoms with Gasteiger partial charge in [0.25, 0.3) is 5.91 Å². The van der Waals surface area contributed by atoms with Crippen LogP contribution in [0.2, 0.25) is 0 Å². The highest BCUT2D eigenvalue weighted by atomic mass is 16.5. The normalized spacial score (nSPS) is 11.8. The Labute approximate surface area is 188 Å². The van der Waals surface area contributed by atoms with Crippen molar-refractivity contribution in [3.05, 3.63) is 78.1 Å². The minimum atomic E-state index is -0.615. The van der Waals surface area contributed by atoms with Gasteiger partial charge in [0.2, 0.25) is 5.91 Å². The van der Waals surface area contributed by atoms with Gasteiger partial charge in [-0.05, 0) is 67.3 Å². The molecule has 32 heavy (non-hydrogen) atoms. The molecule has 0 aliphatic heterocycles. The monoisotopic (exact) mass is 434 g/mol. The van der Waals surface area contributed by atoms with Crippen LogP contribution in [0.5, 0.6) is 5.75 Å². The molecule has 3 aromatic rings. The zero-order valence-electron chi connectivity index (χ0n) is 18.7. The number of hydrogen-bond acceptors (Lipinski definition) is 4. The molecule has 0 spiro atoms. The van der Waals surface area contributed by atoms with E-state index in [9.17, 15) is 9.59 Å². The van der Waals surface area contributed by atoms with Crippen molar-refractivity contribution in [3.8, 4) is 11.4 Å². The maximum Gasteiger partial charge on any atom is 0.251 e. The fourth-order valence-corrected chi connectivity index (χ4v) is 3.31. The summed E-state index contributed by atoms with van der Waals surface area (Å²) in [5, 5.41) is 10.0. The SMILES string of the molecule is CCOc1ccc(C(=O)NC(C(=O)NCCc2ccc(-n3cccn3)cc2)C(C)C)cc1. The Balaban J connectivity index is 1.51. The minimum Gasteiger partial charge on any atom is -0.494 e. The Bertz CT molecular complexity index is 997. The zero-order chi connectivity index (χ0) is 22.9. The van der Waals surface area contributed by atoms with Crippen molar-refractivity contribution >= 4 is 11.8 Å². The van der Waals surface area contributed by atoms with Crippen molar-refractivity contribution in [2.75, 3.05) is 13.2 Å². The molecular formula is C25H30N4O3. The third-order valence-electron chi connectivity index (χ3n) is 5.08. The van der Waals surface area contributed by atoms with Gasteiger partial charge < -0.3 is 15.4 Å². The van der Waals surface area contributed by atoms with Crippen LogP contribution in [0.1, 0.15) is 36.7 Å². The molecule has 1 aromatic heterocycles. The summed E-state index contributed by atoms with van der Waals surface area (Å²) >= 11 is 0. The molecule has 2 amide bonds. The molecule has 0 saturated carbocycles. The van der Waals surface area contributed by atoms with E-state index in [2.05, 4.69) is 15.7 Å². The molecule has 168 valence electrons. The molecular weight excluding hydrogens is 404 g/mol. The molecule has 0 aliphatic rings. The molecule has 2 aromatic carbocycles. The molecule has 0 bridgehead atoms. The van der Waals surface area contributed by atoms with Crippen molar-refractivity contribution < 1.29 is 14.3 Å². The van der Waals surface area contributed by atoms with E-state index < -0.39 is 6.04 Å². The number of amides is 2. The number of carbonyl (C=O) groups excluding carboxylic acids is 2. The molecule has 0 fully saturated rings. The second kappa shape index (κ2) is 11.1. The number of aromatic nitrogens is 2. The van der Waals surface area contributed by atoms with E-state index in [0.717, 1.165) is 11.3 Å². The molecule has 2 N–H and O–H groups in total. The second-order valence-corrected chi connectivity index (χ2v) is 7.81. The molecule has 7 nitrogen and oxygen atoms in total. The van der Waals surface area contributed by atoms with Crippen LogP contribution in [0.15, 0.2) is 67.0 Å². The summed E-state index contributed by atoms with van der Waals surface area (Å²) in [6.45, 7) is 6.79. The van der Waals surface area contributed by atoms with Crippen molar-refractivity contribution in [3.63, 3.8) is 0 Å². The summed E-state index contributed by atoms with van der Waals surface area (Å²) in [7, 11) is 0. The van der Waals surface area contributed by atoms with Crippen LogP contribution >= 0.6 is 0 Å². The molecule has 7 heteroatoms. The third kappa shape index (κ3) is 6.20. The van der Waals surface area contributed by atoms with Gasteiger partial charge in [-0.15, -0.1) is 0 Å². The standard InChI is InChI=1S/C25H30N4O3/c1-4-32-22-12-8-20(9-13-22)24(30)28-23(18(2)3)25(31)26-16-14-19-6-10-21(11-7-19)29-17-5-15-27-29/h5-13,15,17-18,23H,4,14,16H2,1-3H3,(H,26,31)(H,28,30). The van der Waals surface area contributed by atoms with Crippen LogP contribution in [0, 0.1) is 5.92 Å². The Kier molecular flexibility index (Phi) is 8.02. The predicted molar refractivity (Wildman–Crippen MR) is 124 cm³/mol. The second-order valence-electron chi connectivity index (χ2n) is 7.81. The van der Waals surface area contributed by atoms with Crippen LogP contribution in [-0.2, 0) is 11.2 Å². The van der Waals surface area contributed by atoms with Crippen LogP contribution < -0.4 is 15.4 Å². The number of ether oxygens (including phenoxy) is 1. The molecule has 0 aliphatic carbocycles. The van der Waals surface area contributed by atoms with E-state index in [-0.39, 0.29) is 17.7 Å². The number of carbonyl (C=O) groups is 2. The average molecular weight is 435 g/mol. The smallest absolute Gasteiger partial charge is 0.251 e. The maximum absolute atomic E-state index is 12.7. The van der Waals surface area contributed by atoms with Gasteiger partial charge in [-0.3, -0.25) is 9.59 Å². The Hall–Kier alpha value is -3.61. The van der Waals surface area contributed by atoms with E-state index in [1.54, 1.807) is 35.1 Å². The first-order chi connectivity index (χ1) is 15.5. The Morgan fingerprint density at radius 3 is 2.38 bits per heavy atom. The molecule has 1 atom stereocenters. The number of benzene rings is 2. The minimum absolute atomic E-state index is 0.0463. The number of nitrogens with one attached hydrogen (secondary N) is 2. The van der Waals surface area contributed by atoms with E-state index >= 15 is 0 Å². The summed E-state index contributed by atoms with van der Waals surface area (Å²) in [6.07, 6.45) is 4.33. The van der Waals surface area contributed by atoms with Crippen molar-refractivity contribution in [2.45, 2.75) is 33.2 Å². The van der Waals surface area contributed by atoms with Gasteiger partial charge in [-0.2, -0.15) is 5.10 Å². The van der Waals surface area contributed by atoms with Crippen molar-refractivity contribution in [1.29, 1.82) is 0 Å². The van der Waals surface area contributed by atoms with Crippen LogP contribution in [-0.4, -0.2) is 40.8 Å². The van der Waals surface area contributed by atoms with E-state index in [4.69, 9.17) is 4.74 Å². The van der Waals surface area contributed by atoms with E-state index in [1.165, 1.54) is 0 Å². The highest BCUT2D eigenvalue weighted by Crippen LogP contribution is 2.13. The lowest BCUT2D eigenvalue weighted by atomic mass is 10.0. The lowest BCUT2D eigenvalue weighted by Gasteiger charge is -2.22. The van der Waals surface area contributed by atoms with Crippen molar-refractivity contribution in [1.82, 2.24) is 20.4 Å². The molecule has 3 rings (SSSR count). The quantitative estimate of drug-likeness (QED) is 0.512. The van der Waals surface area contributed by atoms with Gasteiger partial charge in [0, 0.05) is 24.5 Å². The van der Waals surface area contributed by atoms with E-state index in [1.807, 2.05) is 57.3 Å². The zero-order valence-corrected chi connectivity index (χ0v) is 18.7. The van der Waals surface area contributed by atoms with E-state index in [0.29, 0.717) is 30.9 Å². The van der Waals surface area contributed by atoms with Crippen LogP contribution in [0.4, 0.5) is 0 Å². The van der Waals surface area contributed by atoms with Crippen LogP contribution in [0.25, 0.3) is 5.69 Å². The molecule has 0 radical (unpaired) electrons.